The normalized spacial score (nSPS) is 14.9. The molecule has 1 nitrogen and oxygen atoms in total. The first-order valence-corrected chi connectivity index (χ1v) is 3.66. The first kappa shape index (κ1) is 9.44. The van der Waals surface area contributed by atoms with E-state index in [1.165, 1.54) is 5.57 Å². The average Bonchev–Trinajstić information content (AvgIpc) is 1.89. The summed E-state index contributed by atoms with van der Waals surface area (Å²) in [5.41, 5.74) is 1.38. The molecule has 58 valence electrons. The minimum Gasteiger partial charge on any atom is -0.319 e. The van der Waals surface area contributed by atoms with Crippen molar-refractivity contribution in [3.8, 4) is 0 Å². The van der Waals surface area contributed by atoms with Crippen LogP contribution in [0, 0.1) is 5.92 Å². The van der Waals surface area contributed by atoms with Crippen molar-refractivity contribution in [2.24, 2.45) is 5.92 Å². The van der Waals surface area contributed by atoms with Crippen molar-refractivity contribution in [1.82, 2.24) is 5.32 Å². The number of hydrogen-bond acceptors (Lipinski definition) is 1. The standard InChI is InChI=1S/C9H17N/c1-5-6-8(2)9(3)7-10-4/h5-6,9-10H,1,7H2,2-4H3. The van der Waals surface area contributed by atoms with Gasteiger partial charge in [0.1, 0.15) is 0 Å². The molecule has 0 heterocycles. The van der Waals surface area contributed by atoms with E-state index in [0.29, 0.717) is 5.92 Å². The predicted octanol–water partition coefficient (Wildman–Crippen LogP) is 1.97. The van der Waals surface area contributed by atoms with E-state index in [0.717, 1.165) is 6.54 Å². The van der Waals surface area contributed by atoms with Crippen molar-refractivity contribution in [1.29, 1.82) is 0 Å². The highest BCUT2D eigenvalue weighted by Gasteiger charge is 1.99. The van der Waals surface area contributed by atoms with Crippen LogP contribution in [0.4, 0.5) is 0 Å². The van der Waals surface area contributed by atoms with Gasteiger partial charge in [-0.25, -0.2) is 0 Å². The van der Waals surface area contributed by atoms with Crippen molar-refractivity contribution in [2.45, 2.75) is 13.8 Å². The zero-order valence-electron chi connectivity index (χ0n) is 7.15. The molecule has 1 unspecified atom stereocenters. The van der Waals surface area contributed by atoms with E-state index in [2.05, 4.69) is 31.8 Å². The number of rotatable bonds is 4. The Kier molecular flexibility index (Phi) is 4.95. The van der Waals surface area contributed by atoms with Gasteiger partial charge in [-0.2, -0.15) is 0 Å². The highest BCUT2D eigenvalue weighted by molar-refractivity contribution is 5.10. The SMILES string of the molecule is C=CC=C(C)C(C)CNC. The van der Waals surface area contributed by atoms with Crippen LogP contribution in [0.1, 0.15) is 13.8 Å². The lowest BCUT2D eigenvalue weighted by Crippen LogP contribution is -2.16. The van der Waals surface area contributed by atoms with E-state index in [-0.39, 0.29) is 0 Å². The summed E-state index contributed by atoms with van der Waals surface area (Å²) in [6.45, 7) is 9.01. The fourth-order valence-electron chi connectivity index (χ4n) is 0.817. The molecule has 0 spiro atoms. The van der Waals surface area contributed by atoms with Gasteiger partial charge < -0.3 is 5.32 Å². The van der Waals surface area contributed by atoms with Gasteiger partial charge >= 0.3 is 0 Å². The van der Waals surface area contributed by atoms with Crippen molar-refractivity contribution in [2.75, 3.05) is 13.6 Å². The Balaban J connectivity index is 3.80. The van der Waals surface area contributed by atoms with E-state index >= 15 is 0 Å². The fraction of sp³-hybridized carbons (Fsp3) is 0.556. The van der Waals surface area contributed by atoms with Crippen LogP contribution in [0.15, 0.2) is 24.3 Å². The predicted molar refractivity (Wildman–Crippen MR) is 47.0 cm³/mol. The quantitative estimate of drug-likeness (QED) is 0.587. The average molecular weight is 139 g/mol. The van der Waals surface area contributed by atoms with Gasteiger partial charge in [-0.05, 0) is 19.9 Å². The molecule has 1 heteroatoms. The zero-order valence-corrected chi connectivity index (χ0v) is 7.15. The number of hydrogen-bond donors (Lipinski definition) is 1. The lowest BCUT2D eigenvalue weighted by Gasteiger charge is -2.09. The first-order valence-electron chi connectivity index (χ1n) is 3.66. The second-order valence-corrected chi connectivity index (χ2v) is 2.61. The van der Waals surface area contributed by atoms with Gasteiger partial charge in [0.05, 0.1) is 0 Å². The molecule has 0 aromatic heterocycles. The molecule has 0 saturated heterocycles. The molecular weight excluding hydrogens is 122 g/mol. The maximum absolute atomic E-state index is 3.65. The molecule has 0 saturated carbocycles. The van der Waals surface area contributed by atoms with Crippen LogP contribution >= 0.6 is 0 Å². The van der Waals surface area contributed by atoms with Gasteiger partial charge in [-0.1, -0.05) is 31.2 Å². The molecule has 0 fully saturated rings. The molecule has 1 N–H and O–H groups in total. The molecule has 0 bridgehead atoms. The van der Waals surface area contributed by atoms with Gasteiger partial charge in [0.15, 0.2) is 0 Å². The summed E-state index contributed by atoms with van der Waals surface area (Å²) in [5, 5.41) is 3.13. The second-order valence-electron chi connectivity index (χ2n) is 2.61. The molecule has 0 rings (SSSR count). The highest BCUT2D eigenvalue weighted by atomic mass is 14.8. The summed E-state index contributed by atoms with van der Waals surface area (Å²) < 4.78 is 0. The second kappa shape index (κ2) is 5.24. The molecule has 0 aliphatic rings. The van der Waals surface area contributed by atoms with Crippen LogP contribution in [0.2, 0.25) is 0 Å². The van der Waals surface area contributed by atoms with Crippen molar-refractivity contribution in [3.63, 3.8) is 0 Å². The van der Waals surface area contributed by atoms with Crippen molar-refractivity contribution < 1.29 is 0 Å². The van der Waals surface area contributed by atoms with E-state index in [1.54, 1.807) is 0 Å². The van der Waals surface area contributed by atoms with Crippen molar-refractivity contribution in [3.05, 3.63) is 24.3 Å². The monoisotopic (exact) mass is 139 g/mol. The van der Waals surface area contributed by atoms with Gasteiger partial charge in [0.2, 0.25) is 0 Å². The molecule has 0 aromatic rings. The molecule has 0 aromatic carbocycles. The van der Waals surface area contributed by atoms with Crippen LogP contribution < -0.4 is 5.32 Å². The Morgan fingerprint density at radius 1 is 1.70 bits per heavy atom. The molecule has 0 aliphatic carbocycles. The van der Waals surface area contributed by atoms with Gasteiger partial charge in [-0.15, -0.1) is 0 Å². The fourth-order valence-corrected chi connectivity index (χ4v) is 0.817. The minimum atomic E-state index is 0.614. The molecule has 10 heavy (non-hydrogen) atoms. The van der Waals surface area contributed by atoms with Crippen LogP contribution in [0.3, 0.4) is 0 Å². The van der Waals surface area contributed by atoms with E-state index in [4.69, 9.17) is 0 Å². The van der Waals surface area contributed by atoms with E-state index in [9.17, 15) is 0 Å². The Labute approximate surface area is 63.8 Å². The Bertz CT molecular complexity index is 125. The molecular formula is C9H17N. The smallest absolute Gasteiger partial charge is 0.00112 e. The maximum Gasteiger partial charge on any atom is 0.00112 e. The van der Waals surface area contributed by atoms with Crippen LogP contribution in [0.5, 0.6) is 0 Å². The topological polar surface area (TPSA) is 12.0 Å². The summed E-state index contributed by atoms with van der Waals surface area (Å²) in [4.78, 5) is 0. The Morgan fingerprint density at radius 2 is 2.30 bits per heavy atom. The summed E-state index contributed by atoms with van der Waals surface area (Å²) in [6.07, 6.45) is 3.89. The summed E-state index contributed by atoms with van der Waals surface area (Å²) in [6, 6.07) is 0. The number of allylic oxidation sites excluding steroid dienone is 2. The largest absolute Gasteiger partial charge is 0.319 e. The van der Waals surface area contributed by atoms with Crippen molar-refractivity contribution >= 4 is 0 Å². The summed E-state index contributed by atoms with van der Waals surface area (Å²) in [5.74, 6) is 0.614. The third-order valence-corrected chi connectivity index (χ3v) is 1.67. The Morgan fingerprint density at radius 3 is 2.70 bits per heavy atom. The lowest BCUT2D eigenvalue weighted by molar-refractivity contribution is 0.619. The lowest BCUT2D eigenvalue weighted by atomic mass is 10.0. The van der Waals surface area contributed by atoms with Crippen LogP contribution in [-0.4, -0.2) is 13.6 Å². The maximum atomic E-state index is 3.65. The third-order valence-electron chi connectivity index (χ3n) is 1.67. The summed E-state index contributed by atoms with van der Waals surface area (Å²) in [7, 11) is 1.97. The van der Waals surface area contributed by atoms with E-state index < -0.39 is 0 Å². The molecule has 0 amide bonds. The first-order chi connectivity index (χ1) is 4.72. The van der Waals surface area contributed by atoms with Crippen LogP contribution in [0.25, 0.3) is 0 Å². The van der Waals surface area contributed by atoms with Gasteiger partial charge in [-0.3, -0.25) is 0 Å². The van der Waals surface area contributed by atoms with Crippen LogP contribution in [-0.2, 0) is 0 Å². The highest BCUT2D eigenvalue weighted by Crippen LogP contribution is 2.07. The number of nitrogens with one attached hydrogen (secondary N) is 1. The van der Waals surface area contributed by atoms with E-state index in [1.807, 2.05) is 13.1 Å². The summed E-state index contributed by atoms with van der Waals surface area (Å²) >= 11 is 0. The minimum absolute atomic E-state index is 0.614. The van der Waals surface area contributed by atoms with Gasteiger partial charge in [0, 0.05) is 6.54 Å². The zero-order chi connectivity index (χ0) is 7.98. The molecule has 1 atom stereocenters. The molecule has 0 aliphatic heterocycles. The Hall–Kier alpha value is -0.560. The third kappa shape index (κ3) is 3.46. The molecule has 0 radical (unpaired) electrons. The van der Waals surface area contributed by atoms with Gasteiger partial charge in [0.25, 0.3) is 0 Å².